The van der Waals surface area contributed by atoms with Gasteiger partial charge < -0.3 is 0 Å². The maximum Gasteiger partial charge on any atom is 1.00 e. The van der Waals surface area contributed by atoms with Gasteiger partial charge in [-0.1, -0.05) is 7.92 Å². The van der Waals surface area contributed by atoms with Crippen molar-refractivity contribution >= 4 is 19.5 Å². The van der Waals surface area contributed by atoms with Crippen LogP contribution in [0.4, 0.5) is 0 Å². The van der Waals surface area contributed by atoms with Crippen LogP contribution < -0.4 is 0 Å². The molecule has 0 bridgehead atoms. The Morgan fingerprint density at radius 3 is 1.67 bits per heavy atom. The standard InChI is InChI=1S/C3H8ClP.Au/c1-5(2)3-4;/h3H2,1-2H3;/q;+1. The number of hydrogen-bond donors (Lipinski definition) is 0. The van der Waals surface area contributed by atoms with E-state index in [4.69, 9.17) is 11.6 Å². The van der Waals surface area contributed by atoms with Gasteiger partial charge in [-0.25, -0.2) is 0 Å². The van der Waals surface area contributed by atoms with Crippen molar-refractivity contribution < 1.29 is 22.4 Å². The molecule has 0 aromatic carbocycles. The van der Waals surface area contributed by atoms with Crippen molar-refractivity contribution in [3.63, 3.8) is 0 Å². The van der Waals surface area contributed by atoms with E-state index in [0.29, 0.717) is 0 Å². The van der Waals surface area contributed by atoms with Gasteiger partial charge in [-0.2, -0.15) is 0 Å². The van der Waals surface area contributed by atoms with Crippen LogP contribution in [0.25, 0.3) is 0 Å². The molecule has 3 heteroatoms. The van der Waals surface area contributed by atoms with Crippen molar-refractivity contribution in [2.24, 2.45) is 0 Å². The molecule has 0 aliphatic rings. The number of halogens is 1. The van der Waals surface area contributed by atoms with Gasteiger partial charge in [-0.15, -0.1) is 11.6 Å². The molecule has 6 heavy (non-hydrogen) atoms. The van der Waals surface area contributed by atoms with Crippen LogP contribution in [0.2, 0.25) is 0 Å². The predicted molar refractivity (Wildman–Crippen MR) is 29.5 cm³/mol. The van der Waals surface area contributed by atoms with E-state index in [-0.39, 0.29) is 30.3 Å². The summed E-state index contributed by atoms with van der Waals surface area (Å²) < 4.78 is 0. The molecule has 42 valence electrons. The third-order valence-electron chi connectivity index (χ3n) is 0.239. The van der Waals surface area contributed by atoms with E-state index in [1.165, 1.54) is 0 Å². The van der Waals surface area contributed by atoms with Gasteiger partial charge in [-0.3, -0.25) is 0 Å². The second-order valence-electron chi connectivity index (χ2n) is 1.20. The van der Waals surface area contributed by atoms with Crippen LogP contribution in [-0.4, -0.2) is 19.0 Å². The first-order valence-corrected chi connectivity index (χ1v) is 4.43. The van der Waals surface area contributed by atoms with E-state index in [1.54, 1.807) is 0 Å². The summed E-state index contributed by atoms with van der Waals surface area (Å²) in [4.78, 5) is 0. The molecule has 0 radical (unpaired) electrons. The van der Waals surface area contributed by atoms with E-state index < -0.39 is 0 Å². The molecule has 0 spiro atoms. The van der Waals surface area contributed by atoms with E-state index in [9.17, 15) is 0 Å². The Kier molecular flexibility index (Phi) is 11.2. The van der Waals surface area contributed by atoms with Crippen LogP contribution in [0.15, 0.2) is 0 Å². The van der Waals surface area contributed by atoms with Gasteiger partial charge in [0.25, 0.3) is 0 Å². The van der Waals surface area contributed by atoms with Crippen molar-refractivity contribution in [1.29, 1.82) is 0 Å². The first-order chi connectivity index (χ1) is 2.27. The largest absolute Gasteiger partial charge is 1.00 e. The fraction of sp³-hybridized carbons (Fsp3) is 1.00. The van der Waals surface area contributed by atoms with E-state index in [1.807, 2.05) is 0 Å². The summed E-state index contributed by atoms with van der Waals surface area (Å²) in [5.74, 6) is 0. The average Bonchev–Trinajstić information content (AvgIpc) is 1.38. The quantitative estimate of drug-likeness (QED) is 0.394. The second-order valence-corrected chi connectivity index (χ2v) is 4.31. The zero-order valence-corrected chi connectivity index (χ0v) is 7.65. The topological polar surface area (TPSA) is 0 Å². The second kappa shape index (κ2) is 6.46. The summed E-state index contributed by atoms with van der Waals surface area (Å²) in [6.45, 7) is 4.31. The van der Waals surface area contributed by atoms with E-state index in [2.05, 4.69) is 13.3 Å². The molecule has 0 aliphatic heterocycles. The molecule has 0 fully saturated rings. The monoisotopic (exact) mass is 307 g/mol. The average molecular weight is 307 g/mol. The molecule has 0 unspecified atom stereocenters. The normalized spacial score (nSPS) is 8.00. The fourth-order valence-electron chi connectivity index (χ4n) is 0. The summed E-state index contributed by atoms with van der Waals surface area (Å²) in [5, 5.41) is 0. The minimum absolute atomic E-state index is 0. The Hall–Kier alpha value is 1.46. The molecule has 0 amide bonds. The van der Waals surface area contributed by atoms with E-state index >= 15 is 0 Å². The first-order valence-electron chi connectivity index (χ1n) is 1.48. The SMILES string of the molecule is CP(C)CCl.[Au+]. The maximum absolute atomic E-state index is 5.37. The Balaban J connectivity index is 0. The molecular formula is C3H8AuClP+. The minimum atomic E-state index is 0. The Morgan fingerprint density at radius 2 is 1.67 bits per heavy atom. The number of rotatable bonds is 1. The molecule has 0 rings (SSSR count). The molecule has 0 aromatic rings. The van der Waals surface area contributed by atoms with Crippen LogP contribution in [0.1, 0.15) is 0 Å². The molecular weight excluding hydrogens is 299 g/mol. The summed E-state index contributed by atoms with van der Waals surface area (Å²) in [7, 11) is 0.167. The first kappa shape index (κ1) is 10.4. The number of hydrogen-bond acceptors (Lipinski definition) is 0. The van der Waals surface area contributed by atoms with Crippen molar-refractivity contribution in [3.05, 3.63) is 0 Å². The summed E-state index contributed by atoms with van der Waals surface area (Å²) in [6.07, 6.45) is 0. The van der Waals surface area contributed by atoms with Gasteiger partial charge in [0.05, 0.1) is 0 Å². The molecule has 0 heterocycles. The van der Waals surface area contributed by atoms with Crippen LogP contribution in [0.3, 0.4) is 0 Å². The van der Waals surface area contributed by atoms with Crippen LogP contribution in [0.5, 0.6) is 0 Å². The fourth-order valence-corrected chi connectivity index (χ4v) is 0. The molecule has 0 saturated carbocycles. The Labute approximate surface area is 60.9 Å². The van der Waals surface area contributed by atoms with Gasteiger partial charge in [0.15, 0.2) is 0 Å². The van der Waals surface area contributed by atoms with Gasteiger partial charge in [0, 0.05) is 5.62 Å². The minimum Gasteiger partial charge on any atom is -0.122 e. The van der Waals surface area contributed by atoms with E-state index in [0.717, 1.165) is 5.62 Å². The van der Waals surface area contributed by atoms with Gasteiger partial charge >= 0.3 is 22.4 Å². The molecule has 0 aromatic heterocycles. The van der Waals surface area contributed by atoms with Crippen LogP contribution >= 0.6 is 19.5 Å². The third-order valence-corrected chi connectivity index (χ3v) is 2.15. The third kappa shape index (κ3) is 9.07. The Morgan fingerprint density at radius 1 is 1.50 bits per heavy atom. The van der Waals surface area contributed by atoms with Crippen molar-refractivity contribution in [1.82, 2.24) is 0 Å². The van der Waals surface area contributed by atoms with Gasteiger partial charge in [0.1, 0.15) is 0 Å². The predicted octanol–water partition coefficient (Wildman–Crippen LogP) is 1.92. The van der Waals surface area contributed by atoms with Gasteiger partial charge in [-0.05, 0) is 13.3 Å². The summed E-state index contributed by atoms with van der Waals surface area (Å²) in [6, 6.07) is 0. The summed E-state index contributed by atoms with van der Waals surface area (Å²) >= 11 is 5.37. The van der Waals surface area contributed by atoms with Crippen LogP contribution in [-0.2, 0) is 22.4 Å². The maximum atomic E-state index is 5.37. The van der Waals surface area contributed by atoms with Crippen molar-refractivity contribution in [2.45, 2.75) is 0 Å². The summed E-state index contributed by atoms with van der Waals surface area (Å²) in [5.41, 5.74) is 0.843. The van der Waals surface area contributed by atoms with Crippen molar-refractivity contribution in [2.75, 3.05) is 19.0 Å². The Bertz CT molecular complexity index is 24.8. The smallest absolute Gasteiger partial charge is 0.122 e. The molecule has 0 nitrogen and oxygen atoms in total. The zero-order chi connectivity index (χ0) is 4.28. The molecule has 0 atom stereocenters. The molecule has 0 saturated heterocycles. The molecule has 0 N–H and O–H groups in total. The van der Waals surface area contributed by atoms with Gasteiger partial charge in [0.2, 0.25) is 0 Å². The van der Waals surface area contributed by atoms with Crippen LogP contribution in [0, 0.1) is 0 Å². The van der Waals surface area contributed by atoms with Crippen molar-refractivity contribution in [3.8, 4) is 0 Å². The zero-order valence-electron chi connectivity index (χ0n) is 3.83. The molecule has 0 aliphatic carbocycles. The number of alkyl halides is 1.